The molecule has 5 heteroatoms. The molecule has 100 valence electrons. The zero-order valence-electron chi connectivity index (χ0n) is 11.0. The van der Waals surface area contributed by atoms with Gasteiger partial charge in [0.15, 0.2) is 0 Å². The molecule has 0 atom stereocenters. The molecule has 5 nitrogen and oxygen atoms in total. The van der Waals surface area contributed by atoms with E-state index in [4.69, 9.17) is 9.47 Å². The molecule has 1 heterocycles. The third kappa shape index (κ3) is 3.13. The maximum Gasteiger partial charge on any atom is 0.297 e. The highest BCUT2D eigenvalue weighted by Crippen LogP contribution is 2.25. The molecule has 0 saturated heterocycles. The van der Waals surface area contributed by atoms with E-state index in [2.05, 4.69) is 16.9 Å². The van der Waals surface area contributed by atoms with Gasteiger partial charge in [0.05, 0.1) is 13.4 Å². The fraction of sp³-hybridized carbons (Fsp3) is 0.286. The molecule has 0 spiro atoms. The summed E-state index contributed by atoms with van der Waals surface area (Å²) in [5.74, 6) is 0.853. The van der Waals surface area contributed by atoms with E-state index in [0.717, 1.165) is 12.8 Å². The summed E-state index contributed by atoms with van der Waals surface area (Å²) in [6.07, 6.45) is 3.42. The number of benzene rings is 1. The van der Waals surface area contributed by atoms with Gasteiger partial charge in [0, 0.05) is 0 Å². The Kier molecular flexibility index (Phi) is 4.18. The lowest BCUT2D eigenvalue weighted by atomic mass is 10.1. The second-order valence-corrected chi connectivity index (χ2v) is 4.07. The van der Waals surface area contributed by atoms with Crippen LogP contribution in [0.1, 0.15) is 18.9 Å². The minimum absolute atomic E-state index is 0.0696. The van der Waals surface area contributed by atoms with Crippen molar-refractivity contribution >= 4 is 0 Å². The second-order valence-electron chi connectivity index (χ2n) is 4.07. The van der Waals surface area contributed by atoms with Crippen LogP contribution < -0.4 is 15.0 Å². The van der Waals surface area contributed by atoms with E-state index in [0.29, 0.717) is 5.75 Å². The van der Waals surface area contributed by atoms with Crippen LogP contribution in [0.5, 0.6) is 17.4 Å². The van der Waals surface area contributed by atoms with Crippen LogP contribution in [-0.4, -0.2) is 17.1 Å². The van der Waals surface area contributed by atoms with Crippen LogP contribution in [0.3, 0.4) is 0 Å². The van der Waals surface area contributed by atoms with Gasteiger partial charge in [-0.25, -0.2) is 4.98 Å². The first-order valence-electron chi connectivity index (χ1n) is 6.13. The first kappa shape index (κ1) is 13.1. The van der Waals surface area contributed by atoms with Gasteiger partial charge in [0.25, 0.3) is 11.4 Å². The number of nitrogens with one attached hydrogen (secondary N) is 1. The quantitative estimate of drug-likeness (QED) is 0.897. The van der Waals surface area contributed by atoms with Crippen LogP contribution in [-0.2, 0) is 6.42 Å². The largest absolute Gasteiger partial charge is 0.487 e. The molecular weight excluding hydrogens is 244 g/mol. The van der Waals surface area contributed by atoms with Crippen molar-refractivity contribution in [3.63, 3.8) is 0 Å². The molecule has 0 amide bonds. The van der Waals surface area contributed by atoms with E-state index in [1.54, 1.807) is 0 Å². The summed E-state index contributed by atoms with van der Waals surface area (Å²) in [5, 5.41) is 0. The van der Waals surface area contributed by atoms with Gasteiger partial charge < -0.3 is 14.5 Å². The monoisotopic (exact) mass is 260 g/mol. The molecule has 19 heavy (non-hydrogen) atoms. The van der Waals surface area contributed by atoms with Crippen LogP contribution in [0.2, 0.25) is 0 Å². The fourth-order valence-electron chi connectivity index (χ4n) is 1.75. The van der Waals surface area contributed by atoms with Crippen LogP contribution in [0, 0.1) is 0 Å². The SMILES string of the molecule is CCCc1ccc(Oc2nc[nH]c(=O)c2OC)cc1. The minimum atomic E-state index is -0.366. The summed E-state index contributed by atoms with van der Waals surface area (Å²) in [6.45, 7) is 2.13. The number of aryl methyl sites for hydroxylation is 1. The van der Waals surface area contributed by atoms with Gasteiger partial charge in [-0.2, -0.15) is 0 Å². The van der Waals surface area contributed by atoms with Crippen LogP contribution in [0.15, 0.2) is 35.4 Å². The number of hydrogen-bond acceptors (Lipinski definition) is 4. The van der Waals surface area contributed by atoms with Gasteiger partial charge in [0.2, 0.25) is 5.75 Å². The normalized spacial score (nSPS) is 10.2. The Labute approximate surface area is 111 Å². The average Bonchev–Trinajstić information content (AvgIpc) is 2.42. The predicted molar refractivity (Wildman–Crippen MR) is 71.9 cm³/mol. The predicted octanol–water partition coefficient (Wildman–Crippen LogP) is 2.52. The zero-order valence-corrected chi connectivity index (χ0v) is 11.0. The molecule has 1 aromatic heterocycles. The van der Waals surface area contributed by atoms with E-state index >= 15 is 0 Å². The third-order valence-corrected chi connectivity index (χ3v) is 2.66. The molecule has 0 aliphatic carbocycles. The van der Waals surface area contributed by atoms with Crippen molar-refractivity contribution < 1.29 is 9.47 Å². The van der Waals surface area contributed by atoms with Crippen molar-refractivity contribution in [2.45, 2.75) is 19.8 Å². The highest BCUT2D eigenvalue weighted by atomic mass is 16.5. The molecule has 2 rings (SSSR count). The van der Waals surface area contributed by atoms with Gasteiger partial charge in [-0.1, -0.05) is 25.5 Å². The third-order valence-electron chi connectivity index (χ3n) is 2.66. The second kappa shape index (κ2) is 6.04. The number of methoxy groups -OCH3 is 1. The van der Waals surface area contributed by atoms with Crippen LogP contribution in [0.25, 0.3) is 0 Å². The number of rotatable bonds is 5. The zero-order chi connectivity index (χ0) is 13.7. The van der Waals surface area contributed by atoms with Crippen LogP contribution >= 0.6 is 0 Å². The lowest BCUT2D eigenvalue weighted by Crippen LogP contribution is -2.10. The summed E-state index contributed by atoms with van der Waals surface area (Å²) < 4.78 is 10.5. The summed E-state index contributed by atoms with van der Waals surface area (Å²) in [7, 11) is 1.41. The highest BCUT2D eigenvalue weighted by molar-refractivity contribution is 5.36. The molecule has 0 aliphatic heterocycles. The number of hydrogen-bond donors (Lipinski definition) is 1. The molecule has 2 aromatic rings. The smallest absolute Gasteiger partial charge is 0.297 e. The molecule has 0 unspecified atom stereocenters. The standard InChI is InChI=1S/C14H16N2O3/c1-3-4-10-5-7-11(8-6-10)19-14-12(18-2)13(17)15-9-16-14/h5-9H,3-4H2,1-2H3,(H,15,16,17). The Balaban J connectivity index is 2.21. The van der Waals surface area contributed by atoms with E-state index in [1.165, 1.54) is 19.0 Å². The fourth-order valence-corrected chi connectivity index (χ4v) is 1.75. The van der Waals surface area contributed by atoms with Crippen molar-refractivity contribution in [2.75, 3.05) is 7.11 Å². The Morgan fingerprint density at radius 2 is 2.00 bits per heavy atom. The molecule has 0 radical (unpaired) electrons. The van der Waals surface area contributed by atoms with E-state index < -0.39 is 0 Å². The van der Waals surface area contributed by atoms with Crippen molar-refractivity contribution in [1.82, 2.24) is 9.97 Å². The number of ether oxygens (including phenoxy) is 2. The van der Waals surface area contributed by atoms with E-state index in [-0.39, 0.29) is 17.2 Å². The molecule has 1 aromatic carbocycles. The van der Waals surface area contributed by atoms with E-state index in [1.807, 2.05) is 24.3 Å². The van der Waals surface area contributed by atoms with Gasteiger partial charge in [-0.05, 0) is 24.1 Å². The Morgan fingerprint density at radius 3 is 2.63 bits per heavy atom. The first-order valence-corrected chi connectivity index (χ1v) is 6.13. The van der Waals surface area contributed by atoms with Gasteiger partial charge in [0.1, 0.15) is 5.75 Å². The number of nitrogens with zero attached hydrogens (tertiary/aromatic N) is 1. The number of H-pyrrole nitrogens is 1. The lowest BCUT2D eigenvalue weighted by molar-refractivity contribution is 0.363. The van der Waals surface area contributed by atoms with Crippen molar-refractivity contribution in [1.29, 1.82) is 0 Å². The number of aromatic amines is 1. The minimum Gasteiger partial charge on any atom is -0.487 e. The van der Waals surface area contributed by atoms with Crippen LogP contribution in [0.4, 0.5) is 0 Å². The number of aromatic nitrogens is 2. The first-order chi connectivity index (χ1) is 9.24. The van der Waals surface area contributed by atoms with Gasteiger partial charge >= 0.3 is 0 Å². The topological polar surface area (TPSA) is 64.2 Å². The Hall–Kier alpha value is -2.30. The Bertz CT molecular complexity index is 590. The molecule has 0 saturated carbocycles. The van der Waals surface area contributed by atoms with Gasteiger partial charge in [-0.3, -0.25) is 4.79 Å². The summed E-state index contributed by atoms with van der Waals surface area (Å²) in [4.78, 5) is 17.9. The van der Waals surface area contributed by atoms with Crippen molar-refractivity contribution in [2.24, 2.45) is 0 Å². The molecule has 0 fully saturated rings. The Morgan fingerprint density at radius 1 is 1.26 bits per heavy atom. The summed E-state index contributed by atoms with van der Waals surface area (Å²) in [6, 6.07) is 7.71. The maximum absolute atomic E-state index is 11.5. The molecule has 0 bridgehead atoms. The molecular formula is C14H16N2O3. The maximum atomic E-state index is 11.5. The van der Waals surface area contributed by atoms with Crippen molar-refractivity contribution in [3.8, 4) is 17.4 Å². The van der Waals surface area contributed by atoms with E-state index in [9.17, 15) is 4.79 Å². The average molecular weight is 260 g/mol. The summed E-state index contributed by atoms with van der Waals surface area (Å²) >= 11 is 0. The highest BCUT2D eigenvalue weighted by Gasteiger charge is 2.11. The molecule has 1 N–H and O–H groups in total. The van der Waals surface area contributed by atoms with Gasteiger partial charge in [-0.15, -0.1) is 0 Å². The lowest BCUT2D eigenvalue weighted by Gasteiger charge is -2.08. The molecule has 0 aliphatic rings. The summed E-state index contributed by atoms with van der Waals surface area (Å²) in [5.41, 5.74) is 0.885. The van der Waals surface area contributed by atoms with Crippen molar-refractivity contribution in [3.05, 3.63) is 46.5 Å².